The maximum atomic E-state index is 13.5. The van der Waals surface area contributed by atoms with Crippen LogP contribution in [0.15, 0.2) is 60.0 Å². The molecule has 0 unspecified atom stereocenters. The number of nitrogens with zero attached hydrogens (tertiary/aromatic N) is 3. The van der Waals surface area contributed by atoms with Crippen LogP contribution in [-0.2, 0) is 17.9 Å². The highest BCUT2D eigenvalue weighted by Crippen LogP contribution is 2.33. The lowest BCUT2D eigenvalue weighted by molar-refractivity contribution is -0.384. The summed E-state index contributed by atoms with van der Waals surface area (Å²) >= 11 is 1.57. The Hall–Kier alpha value is -3.92. The molecule has 2 amide bonds. The number of benzene rings is 2. The van der Waals surface area contributed by atoms with Crippen LogP contribution in [0.5, 0.6) is 11.5 Å². The normalized spacial score (nSPS) is 13.9. The topological polar surface area (TPSA) is 102 Å². The van der Waals surface area contributed by atoms with Crippen molar-refractivity contribution in [2.45, 2.75) is 32.0 Å². The molecule has 5 rings (SSSR count). The van der Waals surface area contributed by atoms with Gasteiger partial charge in [-0.1, -0.05) is 12.1 Å². The van der Waals surface area contributed by atoms with Crippen molar-refractivity contribution in [3.05, 3.63) is 86.1 Å². The van der Waals surface area contributed by atoms with Crippen LogP contribution < -0.4 is 9.47 Å². The number of non-ortho nitro benzene ring substituents is 1. The van der Waals surface area contributed by atoms with Gasteiger partial charge in [0.25, 0.3) is 11.6 Å². The molecule has 0 bridgehead atoms. The minimum atomic E-state index is -0.505. The van der Waals surface area contributed by atoms with E-state index in [1.54, 1.807) is 21.1 Å². The van der Waals surface area contributed by atoms with Gasteiger partial charge < -0.3 is 19.3 Å². The molecule has 1 fully saturated rings. The van der Waals surface area contributed by atoms with Gasteiger partial charge in [-0.2, -0.15) is 0 Å². The number of rotatable bonds is 9. The largest absolute Gasteiger partial charge is 0.454 e. The fraction of sp³-hybridized carbons (Fsp3) is 0.280. The number of ether oxygens (including phenoxy) is 2. The summed E-state index contributed by atoms with van der Waals surface area (Å²) in [7, 11) is 0. The van der Waals surface area contributed by atoms with Crippen molar-refractivity contribution in [1.29, 1.82) is 0 Å². The van der Waals surface area contributed by atoms with Gasteiger partial charge in [-0.25, -0.2) is 0 Å². The van der Waals surface area contributed by atoms with E-state index in [1.165, 1.54) is 24.3 Å². The zero-order chi connectivity index (χ0) is 24.4. The zero-order valence-corrected chi connectivity index (χ0v) is 19.6. The lowest BCUT2D eigenvalue weighted by Crippen LogP contribution is -2.43. The summed E-state index contributed by atoms with van der Waals surface area (Å²) < 4.78 is 10.9. The molecule has 9 nitrogen and oxygen atoms in total. The van der Waals surface area contributed by atoms with Crippen molar-refractivity contribution in [1.82, 2.24) is 9.80 Å². The quantitative estimate of drug-likeness (QED) is 0.327. The van der Waals surface area contributed by atoms with Crippen LogP contribution in [0.2, 0.25) is 0 Å². The first-order chi connectivity index (χ1) is 17.0. The lowest BCUT2D eigenvalue weighted by atomic mass is 10.1. The molecule has 0 N–H and O–H groups in total. The molecule has 2 aromatic carbocycles. The van der Waals surface area contributed by atoms with Crippen LogP contribution >= 0.6 is 11.3 Å². The van der Waals surface area contributed by atoms with Gasteiger partial charge in [0.15, 0.2) is 11.5 Å². The second kappa shape index (κ2) is 9.75. The van der Waals surface area contributed by atoms with Gasteiger partial charge in [-0.15, -0.1) is 11.3 Å². The van der Waals surface area contributed by atoms with E-state index in [9.17, 15) is 19.7 Å². The van der Waals surface area contributed by atoms with Crippen molar-refractivity contribution in [3.8, 4) is 11.5 Å². The van der Waals surface area contributed by atoms with Crippen molar-refractivity contribution in [3.63, 3.8) is 0 Å². The highest BCUT2D eigenvalue weighted by atomic mass is 32.1. The Morgan fingerprint density at radius 3 is 2.49 bits per heavy atom. The van der Waals surface area contributed by atoms with E-state index in [-0.39, 0.29) is 36.9 Å². The van der Waals surface area contributed by atoms with Gasteiger partial charge >= 0.3 is 0 Å². The maximum absolute atomic E-state index is 13.5. The van der Waals surface area contributed by atoms with Gasteiger partial charge in [0.2, 0.25) is 12.7 Å². The number of nitro groups is 1. The van der Waals surface area contributed by atoms with Crippen LogP contribution in [-0.4, -0.2) is 45.9 Å². The average Bonchev–Trinajstić information content (AvgIpc) is 3.36. The third kappa shape index (κ3) is 5.27. The van der Waals surface area contributed by atoms with Gasteiger partial charge in [0, 0.05) is 35.2 Å². The summed E-state index contributed by atoms with van der Waals surface area (Å²) in [6, 6.07) is 15.0. The summed E-state index contributed by atoms with van der Waals surface area (Å²) in [5, 5.41) is 12.9. The lowest BCUT2D eigenvalue weighted by Gasteiger charge is -2.28. The fourth-order valence-electron chi connectivity index (χ4n) is 3.97. The highest BCUT2D eigenvalue weighted by Gasteiger charge is 2.35. The van der Waals surface area contributed by atoms with E-state index in [0.717, 1.165) is 23.3 Å². The molecule has 0 radical (unpaired) electrons. The van der Waals surface area contributed by atoms with Crippen LogP contribution in [0, 0.1) is 10.1 Å². The molecule has 0 atom stereocenters. The molecule has 2 aliphatic rings. The summed E-state index contributed by atoms with van der Waals surface area (Å²) in [6.07, 6.45) is 1.66. The summed E-state index contributed by atoms with van der Waals surface area (Å²) in [4.78, 5) is 41.6. The Bertz CT molecular complexity index is 1240. The molecule has 1 aliphatic heterocycles. The maximum Gasteiger partial charge on any atom is 0.269 e. The van der Waals surface area contributed by atoms with E-state index in [4.69, 9.17) is 9.47 Å². The third-order valence-electron chi connectivity index (χ3n) is 5.97. The van der Waals surface area contributed by atoms with Crippen LogP contribution in [0.3, 0.4) is 0 Å². The standard InChI is InChI=1S/C25H23N3O6S/c29-24(15-27(19-8-9-19)25(30)18-4-6-20(7-5-18)28(31)32)26(14-21-2-1-11-35-21)13-17-3-10-22-23(12-17)34-16-33-22/h1-7,10-12,19H,8-9,13-16H2. The Morgan fingerprint density at radius 1 is 1.03 bits per heavy atom. The number of hydrogen-bond donors (Lipinski definition) is 0. The van der Waals surface area contributed by atoms with Crippen LogP contribution in [0.25, 0.3) is 0 Å². The zero-order valence-electron chi connectivity index (χ0n) is 18.8. The number of nitro benzene ring substituents is 1. The second-order valence-electron chi connectivity index (χ2n) is 8.48. The van der Waals surface area contributed by atoms with E-state index >= 15 is 0 Å². The van der Waals surface area contributed by atoms with Crippen molar-refractivity contribution in [2.75, 3.05) is 13.3 Å². The van der Waals surface area contributed by atoms with Gasteiger partial charge in [0.05, 0.1) is 11.5 Å². The minimum absolute atomic E-state index is 0.00391. The van der Waals surface area contributed by atoms with E-state index in [0.29, 0.717) is 30.2 Å². The first-order valence-corrected chi connectivity index (χ1v) is 12.1. The highest BCUT2D eigenvalue weighted by molar-refractivity contribution is 7.09. The van der Waals surface area contributed by atoms with Gasteiger partial charge in [-0.05, 0) is 54.1 Å². The molecule has 0 saturated heterocycles. The molecule has 1 aromatic heterocycles. The predicted octanol–water partition coefficient (Wildman–Crippen LogP) is 4.22. The number of carbonyl (C=O) groups is 2. The smallest absolute Gasteiger partial charge is 0.269 e. The summed E-state index contributed by atoms with van der Waals surface area (Å²) in [5.74, 6) is 0.866. The van der Waals surface area contributed by atoms with Gasteiger partial charge in [0.1, 0.15) is 6.54 Å². The number of thiophene rings is 1. The first-order valence-electron chi connectivity index (χ1n) is 11.2. The molecule has 35 heavy (non-hydrogen) atoms. The molecule has 2 heterocycles. The first kappa shape index (κ1) is 22.9. The molecule has 1 aliphatic carbocycles. The van der Waals surface area contributed by atoms with Crippen LogP contribution in [0.1, 0.15) is 33.6 Å². The predicted molar refractivity (Wildman–Crippen MR) is 128 cm³/mol. The molecule has 1 saturated carbocycles. The van der Waals surface area contributed by atoms with Crippen molar-refractivity contribution < 1.29 is 24.0 Å². The Morgan fingerprint density at radius 2 is 1.80 bits per heavy atom. The molecule has 0 spiro atoms. The summed E-state index contributed by atoms with van der Waals surface area (Å²) in [6.45, 7) is 0.904. The number of carbonyl (C=O) groups excluding carboxylic acids is 2. The average molecular weight is 494 g/mol. The molecular formula is C25H23N3O6S. The molecule has 3 aromatic rings. The van der Waals surface area contributed by atoms with Crippen molar-refractivity contribution in [2.24, 2.45) is 0 Å². The fourth-order valence-corrected chi connectivity index (χ4v) is 4.69. The monoisotopic (exact) mass is 493 g/mol. The number of hydrogen-bond acceptors (Lipinski definition) is 7. The van der Waals surface area contributed by atoms with Crippen LogP contribution in [0.4, 0.5) is 5.69 Å². The summed E-state index contributed by atoms with van der Waals surface area (Å²) in [5.41, 5.74) is 1.15. The molecular weight excluding hydrogens is 470 g/mol. The number of fused-ring (bicyclic) bond motifs is 1. The SMILES string of the molecule is O=C(CN(C(=O)c1ccc([N+](=O)[O-])cc1)C1CC1)N(Cc1ccc2c(c1)OCO2)Cc1cccs1. The Labute approximate surface area is 205 Å². The molecule has 10 heteroatoms. The Kier molecular flexibility index (Phi) is 6.37. The van der Waals surface area contributed by atoms with E-state index < -0.39 is 4.92 Å². The third-order valence-corrected chi connectivity index (χ3v) is 6.83. The second-order valence-corrected chi connectivity index (χ2v) is 9.52. The number of amides is 2. The van der Waals surface area contributed by atoms with Gasteiger partial charge in [-0.3, -0.25) is 19.7 Å². The van der Waals surface area contributed by atoms with E-state index in [2.05, 4.69) is 0 Å². The van der Waals surface area contributed by atoms with E-state index in [1.807, 2.05) is 35.7 Å². The Balaban J connectivity index is 1.34. The molecule has 180 valence electrons. The minimum Gasteiger partial charge on any atom is -0.454 e. The van der Waals surface area contributed by atoms with Crippen molar-refractivity contribution >= 4 is 28.8 Å².